The molecular formula is C16H17NO4. The number of hydrogen-bond acceptors (Lipinski definition) is 4. The molecule has 21 heavy (non-hydrogen) atoms. The summed E-state index contributed by atoms with van der Waals surface area (Å²) in [6.07, 6.45) is 2.98. The van der Waals surface area contributed by atoms with Crippen LogP contribution in [-0.2, 0) is 9.53 Å². The van der Waals surface area contributed by atoms with Gasteiger partial charge in [-0.25, -0.2) is 0 Å². The zero-order valence-corrected chi connectivity index (χ0v) is 11.9. The number of amides is 1. The Bertz CT molecular complexity index is 659. The van der Waals surface area contributed by atoms with Crippen LogP contribution >= 0.6 is 0 Å². The maximum absolute atomic E-state index is 12.6. The van der Waals surface area contributed by atoms with Crippen LogP contribution in [0.2, 0.25) is 0 Å². The summed E-state index contributed by atoms with van der Waals surface area (Å²) >= 11 is 0. The van der Waals surface area contributed by atoms with Crippen molar-refractivity contribution in [1.82, 2.24) is 4.90 Å². The Labute approximate surface area is 122 Å². The summed E-state index contributed by atoms with van der Waals surface area (Å²) in [6.45, 7) is 5.76. The van der Waals surface area contributed by atoms with Crippen molar-refractivity contribution in [3.8, 4) is 0 Å². The highest BCUT2D eigenvalue weighted by atomic mass is 16.5. The molecule has 1 aromatic carbocycles. The topological polar surface area (TPSA) is 59.8 Å². The number of nitrogens with zero attached hydrogens (tertiary/aromatic N) is 1. The van der Waals surface area contributed by atoms with Gasteiger partial charge in [-0.1, -0.05) is 24.3 Å². The van der Waals surface area contributed by atoms with Crippen LogP contribution in [0.5, 0.6) is 0 Å². The van der Waals surface area contributed by atoms with Crippen LogP contribution in [0.15, 0.2) is 47.6 Å². The summed E-state index contributed by atoms with van der Waals surface area (Å²) in [5, 5.41) is 0.723. The second-order valence-electron chi connectivity index (χ2n) is 4.42. The Balaban J connectivity index is 2.25. The molecule has 0 atom stereocenters. The molecule has 1 amide bonds. The maximum Gasteiger partial charge on any atom is 0.325 e. The molecule has 0 saturated heterocycles. The van der Waals surface area contributed by atoms with Gasteiger partial charge in [-0.2, -0.15) is 0 Å². The Morgan fingerprint density at radius 3 is 2.86 bits per heavy atom. The van der Waals surface area contributed by atoms with Gasteiger partial charge in [-0.05, 0) is 13.0 Å². The Kier molecular flexibility index (Phi) is 4.77. The smallest absolute Gasteiger partial charge is 0.325 e. The molecule has 0 fully saturated rings. The minimum Gasteiger partial charge on any atom is -0.465 e. The molecule has 110 valence electrons. The second-order valence-corrected chi connectivity index (χ2v) is 4.42. The van der Waals surface area contributed by atoms with E-state index >= 15 is 0 Å². The average Bonchev–Trinajstić information content (AvgIpc) is 2.90. The number of ether oxygens (including phenoxy) is 1. The predicted octanol–water partition coefficient (Wildman–Crippen LogP) is 2.62. The Hall–Kier alpha value is -2.56. The predicted molar refractivity (Wildman–Crippen MR) is 78.9 cm³/mol. The van der Waals surface area contributed by atoms with Gasteiger partial charge < -0.3 is 14.1 Å². The number of carbonyl (C=O) groups is 2. The number of esters is 1. The minimum absolute atomic E-state index is 0.113. The molecule has 0 bridgehead atoms. The summed E-state index contributed by atoms with van der Waals surface area (Å²) in [5.74, 6) is -0.728. The molecule has 0 aliphatic rings. The van der Waals surface area contributed by atoms with E-state index in [1.54, 1.807) is 19.1 Å². The average molecular weight is 287 g/mol. The minimum atomic E-state index is -0.444. The highest BCUT2D eigenvalue weighted by Crippen LogP contribution is 2.22. The third kappa shape index (κ3) is 3.31. The molecule has 0 unspecified atom stereocenters. The lowest BCUT2D eigenvalue weighted by Gasteiger charge is -2.19. The van der Waals surface area contributed by atoms with E-state index in [1.165, 1.54) is 11.2 Å². The van der Waals surface area contributed by atoms with Crippen LogP contribution in [-0.4, -0.2) is 36.5 Å². The number of carbonyl (C=O) groups excluding carboxylic acids is 2. The monoisotopic (exact) mass is 287 g/mol. The Morgan fingerprint density at radius 1 is 1.38 bits per heavy atom. The van der Waals surface area contributed by atoms with Crippen molar-refractivity contribution in [3.05, 3.63) is 48.7 Å². The van der Waals surface area contributed by atoms with Gasteiger partial charge in [0.05, 0.1) is 12.2 Å². The van der Waals surface area contributed by atoms with Crippen LogP contribution in [0.3, 0.4) is 0 Å². The summed E-state index contributed by atoms with van der Waals surface area (Å²) in [5.41, 5.74) is 1.06. The first-order valence-electron chi connectivity index (χ1n) is 6.69. The van der Waals surface area contributed by atoms with Crippen molar-refractivity contribution in [1.29, 1.82) is 0 Å². The second kappa shape index (κ2) is 6.74. The number of furan rings is 1. The molecular weight excluding hydrogens is 270 g/mol. The first kappa shape index (κ1) is 14.8. The number of hydrogen-bond donors (Lipinski definition) is 0. The molecule has 2 aromatic rings. The van der Waals surface area contributed by atoms with Gasteiger partial charge in [0.1, 0.15) is 18.4 Å². The van der Waals surface area contributed by atoms with Crippen molar-refractivity contribution in [2.45, 2.75) is 6.92 Å². The van der Waals surface area contributed by atoms with Crippen LogP contribution in [0.25, 0.3) is 11.0 Å². The van der Waals surface area contributed by atoms with Crippen molar-refractivity contribution in [3.63, 3.8) is 0 Å². The van der Waals surface area contributed by atoms with Crippen LogP contribution < -0.4 is 0 Å². The lowest BCUT2D eigenvalue weighted by atomic mass is 10.1. The lowest BCUT2D eigenvalue weighted by Crippen LogP contribution is -2.36. The maximum atomic E-state index is 12.6. The standard InChI is InChI=1S/C16H17NO4/c1-3-9-17(10-15(18)20-4-2)16(19)13-11-21-14-8-6-5-7-12(13)14/h3,5-8,11H,1,4,9-10H2,2H3. The van der Waals surface area contributed by atoms with E-state index in [4.69, 9.17) is 9.15 Å². The quantitative estimate of drug-likeness (QED) is 0.605. The summed E-state index contributed by atoms with van der Waals surface area (Å²) in [7, 11) is 0. The highest BCUT2D eigenvalue weighted by molar-refractivity contribution is 6.06. The van der Waals surface area contributed by atoms with Crippen molar-refractivity contribution in [2.75, 3.05) is 19.7 Å². The summed E-state index contributed by atoms with van der Waals surface area (Å²) in [4.78, 5) is 25.5. The summed E-state index contributed by atoms with van der Waals surface area (Å²) < 4.78 is 10.2. The molecule has 0 aliphatic carbocycles. The van der Waals surface area contributed by atoms with E-state index in [-0.39, 0.29) is 25.6 Å². The fraction of sp³-hybridized carbons (Fsp3) is 0.250. The van der Waals surface area contributed by atoms with Gasteiger partial charge in [-0.15, -0.1) is 6.58 Å². The van der Waals surface area contributed by atoms with Gasteiger partial charge in [-0.3, -0.25) is 9.59 Å². The van der Waals surface area contributed by atoms with Gasteiger partial charge >= 0.3 is 5.97 Å². The molecule has 2 rings (SSSR count). The third-order valence-corrected chi connectivity index (χ3v) is 2.97. The molecule has 0 saturated carbocycles. The summed E-state index contributed by atoms with van der Waals surface area (Å²) in [6, 6.07) is 7.26. The van der Waals surface area contributed by atoms with E-state index < -0.39 is 5.97 Å². The van der Waals surface area contributed by atoms with Crippen LogP contribution in [0, 0.1) is 0 Å². The zero-order chi connectivity index (χ0) is 15.2. The van der Waals surface area contributed by atoms with E-state index in [9.17, 15) is 9.59 Å². The first-order valence-corrected chi connectivity index (χ1v) is 6.69. The molecule has 1 heterocycles. The number of benzene rings is 1. The number of rotatable bonds is 6. The molecule has 1 aromatic heterocycles. The van der Waals surface area contributed by atoms with E-state index in [2.05, 4.69) is 6.58 Å². The van der Waals surface area contributed by atoms with Crippen molar-refractivity contribution >= 4 is 22.8 Å². The van der Waals surface area contributed by atoms with E-state index in [0.717, 1.165) is 5.39 Å². The fourth-order valence-electron chi connectivity index (χ4n) is 2.05. The molecule has 0 N–H and O–H groups in total. The van der Waals surface area contributed by atoms with E-state index in [0.29, 0.717) is 11.1 Å². The van der Waals surface area contributed by atoms with Crippen molar-refractivity contribution < 1.29 is 18.7 Å². The normalized spacial score (nSPS) is 10.3. The van der Waals surface area contributed by atoms with Gasteiger partial charge in [0, 0.05) is 11.9 Å². The lowest BCUT2D eigenvalue weighted by molar-refractivity contribution is -0.143. The third-order valence-electron chi connectivity index (χ3n) is 2.97. The van der Waals surface area contributed by atoms with E-state index in [1.807, 2.05) is 18.2 Å². The van der Waals surface area contributed by atoms with Gasteiger partial charge in [0.25, 0.3) is 5.91 Å². The first-order chi connectivity index (χ1) is 10.2. The van der Waals surface area contributed by atoms with Gasteiger partial charge in [0.15, 0.2) is 0 Å². The zero-order valence-electron chi connectivity index (χ0n) is 11.9. The molecule has 0 radical (unpaired) electrons. The largest absolute Gasteiger partial charge is 0.465 e. The molecule has 5 nitrogen and oxygen atoms in total. The molecule has 0 spiro atoms. The molecule has 0 aliphatic heterocycles. The SMILES string of the molecule is C=CCN(CC(=O)OCC)C(=O)c1coc2ccccc12. The van der Waals surface area contributed by atoms with Crippen LogP contribution in [0.1, 0.15) is 17.3 Å². The Morgan fingerprint density at radius 2 is 2.14 bits per heavy atom. The fourth-order valence-corrected chi connectivity index (χ4v) is 2.05. The highest BCUT2D eigenvalue weighted by Gasteiger charge is 2.21. The van der Waals surface area contributed by atoms with Gasteiger partial charge in [0.2, 0.25) is 0 Å². The molecule has 5 heteroatoms. The van der Waals surface area contributed by atoms with Crippen molar-refractivity contribution in [2.24, 2.45) is 0 Å². The van der Waals surface area contributed by atoms with Crippen LogP contribution in [0.4, 0.5) is 0 Å². The number of fused-ring (bicyclic) bond motifs is 1. The number of para-hydroxylation sites is 1.